The summed E-state index contributed by atoms with van der Waals surface area (Å²) in [6, 6.07) is 7.59. The van der Waals surface area contributed by atoms with Crippen LogP contribution in [0.15, 0.2) is 24.3 Å². The Morgan fingerprint density at radius 2 is 2.11 bits per heavy atom. The van der Waals surface area contributed by atoms with E-state index in [1.165, 1.54) is 0 Å². The molecule has 1 amide bonds. The normalized spacial score (nSPS) is 19.5. The van der Waals surface area contributed by atoms with Crippen LogP contribution in [0.5, 0.6) is 0 Å². The molecule has 0 atom stereocenters. The van der Waals surface area contributed by atoms with Crippen LogP contribution in [0, 0.1) is 0 Å². The molecular weight excluding hydrogens is 260 g/mol. The van der Waals surface area contributed by atoms with E-state index in [2.05, 4.69) is 25.8 Å². The molecule has 104 valence electrons. The van der Waals surface area contributed by atoms with Crippen LogP contribution in [-0.2, 0) is 5.88 Å². The van der Waals surface area contributed by atoms with Gasteiger partial charge in [0.15, 0.2) is 0 Å². The number of rotatable bonds is 2. The quantitative estimate of drug-likeness (QED) is 0.778. The summed E-state index contributed by atoms with van der Waals surface area (Å²) in [7, 11) is 2.11. The summed E-state index contributed by atoms with van der Waals surface area (Å²) in [5.74, 6) is 0.545. The van der Waals surface area contributed by atoms with E-state index in [1.54, 1.807) is 0 Å². The lowest BCUT2D eigenvalue weighted by Gasteiger charge is -2.45. The van der Waals surface area contributed by atoms with Gasteiger partial charge in [0, 0.05) is 36.6 Å². The van der Waals surface area contributed by atoms with E-state index < -0.39 is 0 Å². The molecule has 1 aromatic rings. The molecule has 0 aromatic heterocycles. The molecule has 1 fully saturated rings. The molecule has 0 N–H and O–H groups in total. The minimum atomic E-state index is 0.0258. The summed E-state index contributed by atoms with van der Waals surface area (Å²) in [6.07, 6.45) is 0. The summed E-state index contributed by atoms with van der Waals surface area (Å²) < 4.78 is 0. The van der Waals surface area contributed by atoms with Crippen LogP contribution < -0.4 is 0 Å². The number of nitrogens with zero attached hydrogens (tertiary/aromatic N) is 2. The van der Waals surface area contributed by atoms with E-state index in [1.807, 2.05) is 29.2 Å². The highest BCUT2D eigenvalue weighted by molar-refractivity contribution is 6.17. The van der Waals surface area contributed by atoms with Gasteiger partial charge in [0.1, 0.15) is 0 Å². The lowest BCUT2D eigenvalue weighted by atomic mass is 9.99. The fourth-order valence-corrected chi connectivity index (χ4v) is 2.55. The molecule has 0 radical (unpaired) electrons. The van der Waals surface area contributed by atoms with Gasteiger partial charge in [0.25, 0.3) is 5.91 Å². The Morgan fingerprint density at radius 3 is 2.74 bits per heavy atom. The molecule has 4 heteroatoms. The van der Waals surface area contributed by atoms with E-state index in [-0.39, 0.29) is 11.4 Å². The van der Waals surface area contributed by atoms with Crippen LogP contribution in [0.4, 0.5) is 0 Å². The van der Waals surface area contributed by atoms with Crippen LogP contribution in [0.3, 0.4) is 0 Å². The molecule has 0 spiro atoms. The van der Waals surface area contributed by atoms with Gasteiger partial charge in [0.05, 0.1) is 0 Å². The first-order chi connectivity index (χ1) is 8.94. The molecule has 19 heavy (non-hydrogen) atoms. The van der Waals surface area contributed by atoms with Crippen molar-refractivity contribution < 1.29 is 4.79 Å². The first-order valence-corrected chi connectivity index (χ1v) is 7.13. The molecule has 2 rings (SSSR count). The third-order valence-electron chi connectivity index (χ3n) is 3.93. The highest BCUT2D eigenvalue weighted by atomic mass is 35.5. The largest absolute Gasteiger partial charge is 0.336 e. The zero-order valence-electron chi connectivity index (χ0n) is 11.8. The first kappa shape index (κ1) is 14.4. The predicted molar refractivity (Wildman–Crippen MR) is 78.6 cm³/mol. The summed E-state index contributed by atoms with van der Waals surface area (Å²) in [5, 5.41) is 0. The fraction of sp³-hybridized carbons (Fsp3) is 0.533. The molecule has 0 bridgehead atoms. The highest BCUT2D eigenvalue weighted by Gasteiger charge is 2.33. The number of alkyl halides is 1. The lowest BCUT2D eigenvalue weighted by Crippen LogP contribution is -2.58. The van der Waals surface area contributed by atoms with Gasteiger partial charge in [-0.05, 0) is 38.6 Å². The van der Waals surface area contributed by atoms with Crippen molar-refractivity contribution in [2.24, 2.45) is 0 Å². The maximum atomic E-state index is 12.5. The standard InChI is InChI=1S/C15H21ClN2O/c1-15(2)11-18(8-7-17(15)3)14(19)13-6-4-5-12(9-13)10-16/h4-6,9H,7-8,10-11H2,1-3H3. The zero-order chi connectivity index (χ0) is 14.0. The molecule has 1 saturated heterocycles. The Bertz CT molecular complexity index is 473. The van der Waals surface area contributed by atoms with Crippen molar-refractivity contribution >= 4 is 17.5 Å². The number of hydrogen-bond donors (Lipinski definition) is 0. The van der Waals surface area contributed by atoms with Crippen molar-refractivity contribution in [3.63, 3.8) is 0 Å². The number of benzene rings is 1. The molecule has 0 saturated carbocycles. The summed E-state index contributed by atoms with van der Waals surface area (Å²) in [5.41, 5.74) is 1.75. The molecule has 1 heterocycles. The molecule has 0 unspecified atom stereocenters. The van der Waals surface area contributed by atoms with Crippen LogP contribution in [0.1, 0.15) is 29.8 Å². The van der Waals surface area contributed by atoms with E-state index >= 15 is 0 Å². The van der Waals surface area contributed by atoms with Crippen LogP contribution in [0.2, 0.25) is 0 Å². The van der Waals surface area contributed by atoms with Crippen LogP contribution in [-0.4, -0.2) is 47.9 Å². The van der Waals surface area contributed by atoms with Gasteiger partial charge in [-0.25, -0.2) is 0 Å². The summed E-state index contributed by atoms with van der Waals surface area (Å²) in [6.45, 7) is 6.79. The second-order valence-electron chi connectivity index (χ2n) is 5.79. The van der Waals surface area contributed by atoms with Gasteiger partial charge in [-0.1, -0.05) is 12.1 Å². The number of halogens is 1. The molecule has 1 aliphatic rings. The van der Waals surface area contributed by atoms with Gasteiger partial charge < -0.3 is 4.90 Å². The second kappa shape index (κ2) is 5.51. The average molecular weight is 281 g/mol. The molecule has 1 aromatic carbocycles. The number of likely N-dealkylation sites (N-methyl/N-ethyl adjacent to an activating group) is 1. The fourth-order valence-electron chi connectivity index (χ4n) is 2.38. The van der Waals surface area contributed by atoms with Crippen molar-refractivity contribution in [1.29, 1.82) is 0 Å². The molecule has 3 nitrogen and oxygen atoms in total. The highest BCUT2D eigenvalue weighted by Crippen LogP contribution is 2.21. The minimum absolute atomic E-state index is 0.0258. The Kier molecular flexibility index (Phi) is 4.16. The molecular formula is C15H21ClN2O. The number of carbonyl (C=O) groups excluding carboxylic acids is 1. The maximum Gasteiger partial charge on any atom is 0.253 e. The van der Waals surface area contributed by atoms with E-state index in [0.717, 1.165) is 30.8 Å². The average Bonchev–Trinajstić information content (AvgIpc) is 2.41. The SMILES string of the molecule is CN1CCN(C(=O)c2cccc(CCl)c2)CC1(C)C. The van der Waals surface area contributed by atoms with Crippen molar-refractivity contribution in [3.8, 4) is 0 Å². The Morgan fingerprint density at radius 1 is 1.37 bits per heavy atom. The topological polar surface area (TPSA) is 23.6 Å². The third kappa shape index (κ3) is 3.10. The van der Waals surface area contributed by atoms with Gasteiger partial charge in [0.2, 0.25) is 0 Å². The van der Waals surface area contributed by atoms with Gasteiger partial charge in [-0.15, -0.1) is 11.6 Å². The number of amides is 1. The van der Waals surface area contributed by atoms with Crippen LogP contribution >= 0.6 is 11.6 Å². The zero-order valence-corrected chi connectivity index (χ0v) is 12.6. The van der Waals surface area contributed by atoms with Crippen molar-refractivity contribution in [2.75, 3.05) is 26.7 Å². The van der Waals surface area contributed by atoms with Crippen molar-refractivity contribution in [1.82, 2.24) is 9.80 Å². The Labute approximate surface area is 120 Å². The Balaban J connectivity index is 2.15. The maximum absolute atomic E-state index is 12.5. The summed E-state index contributed by atoms with van der Waals surface area (Å²) >= 11 is 5.82. The predicted octanol–water partition coefficient (Wildman–Crippen LogP) is 2.59. The minimum Gasteiger partial charge on any atom is -0.336 e. The van der Waals surface area contributed by atoms with E-state index in [4.69, 9.17) is 11.6 Å². The Hall–Kier alpha value is -1.06. The van der Waals surface area contributed by atoms with Crippen molar-refractivity contribution in [3.05, 3.63) is 35.4 Å². The van der Waals surface area contributed by atoms with Gasteiger partial charge in [-0.3, -0.25) is 9.69 Å². The smallest absolute Gasteiger partial charge is 0.253 e. The molecule has 1 aliphatic heterocycles. The monoisotopic (exact) mass is 280 g/mol. The number of carbonyl (C=O) groups is 1. The van der Waals surface area contributed by atoms with E-state index in [9.17, 15) is 4.79 Å². The van der Waals surface area contributed by atoms with Crippen molar-refractivity contribution in [2.45, 2.75) is 25.3 Å². The summed E-state index contributed by atoms with van der Waals surface area (Å²) in [4.78, 5) is 16.8. The second-order valence-corrected chi connectivity index (χ2v) is 6.06. The lowest BCUT2D eigenvalue weighted by molar-refractivity contribution is 0.0311. The third-order valence-corrected chi connectivity index (χ3v) is 4.24. The first-order valence-electron chi connectivity index (χ1n) is 6.59. The van der Waals surface area contributed by atoms with Gasteiger partial charge >= 0.3 is 0 Å². The number of hydrogen-bond acceptors (Lipinski definition) is 2. The number of piperazine rings is 1. The van der Waals surface area contributed by atoms with E-state index in [0.29, 0.717) is 5.88 Å². The van der Waals surface area contributed by atoms with Gasteiger partial charge in [-0.2, -0.15) is 0 Å². The molecule has 0 aliphatic carbocycles. The van der Waals surface area contributed by atoms with Crippen LogP contribution in [0.25, 0.3) is 0 Å².